The third-order valence-electron chi connectivity index (χ3n) is 5.80. The van der Waals surface area contributed by atoms with E-state index in [1.54, 1.807) is 7.11 Å². The van der Waals surface area contributed by atoms with E-state index >= 15 is 0 Å². The molecule has 2 aromatic carbocycles. The van der Waals surface area contributed by atoms with Crippen LogP contribution in [0.1, 0.15) is 31.2 Å². The van der Waals surface area contributed by atoms with Crippen LogP contribution in [0.5, 0.6) is 5.75 Å². The first-order valence-electron chi connectivity index (χ1n) is 10.5. The average Bonchev–Trinajstić information content (AvgIpc) is 3.17. The fourth-order valence-corrected chi connectivity index (χ4v) is 4.15. The topological polar surface area (TPSA) is 57.4 Å². The van der Waals surface area contributed by atoms with Crippen LogP contribution in [0.2, 0.25) is 0 Å². The van der Waals surface area contributed by atoms with Crippen molar-refractivity contribution < 1.29 is 9.53 Å². The molecule has 152 valence electrons. The van der Waals surface area contributed by atoms with Crippen molar-refractivity contribution in [1.82, 2.24) is 9.88 Å². The number of hydrogen-bond acceptors (Lipinski definition) is 3. The Morgan fingerprint density at radius 1 is 1.17 bits per heavy atom. The third-order valence-corrected chi connectivity index (χ3v) is 5.80. The van der Waals surface area contributed by atoms with Crippen LogP contribution >= 0.6 is 0 Å². The molecule has 1 amide bonds. The fraction of sp³-hybridized carbons (Fsp3) is 0.375. The van der Waals surface area contributed by atoms with E-state index in [4.69, 9.17) is 4.74 Å². The molecule has 2 heterocycles. The Labute approximate surface area is 172 Å². The summed E-state index contributed by atoms with van der Waals surface area (Å²) in [7, 11) is 1.68. The molecule has 0 atom stereocenters. The Kier molecular flexibility index (Phi) is 6.03. The van der Waals surface area contributed by atoms with E-state index in [0.717, 1.165) is 50.2 Å². The predicted molar refractivity (Wildman–Crippen MR) is 117 cm³/mol. The van der Waals surface area contributed by atoms with Crippen molar-refractivity contribution in [3.63, 3.8) is 0 Å². The lowest BCUT2D eigenvalue weighted by Crippen LogP contribution is -2.42. The number of nitrogens with one attached hydrogen (secondary N) is 2. The molecular weight excluding hydrogens is 362 g/mol. The van der Waals surface area contributed by atoms with Crippen LogP contribution in [0.25, 0.3) is 10.9 Å². The van der Waals surface area contributed by atoms with E-state index in [2.05, 4.69) is 40.8 Å². The van der Waals surface area contributed by atoms with Gasteiger partial charge in [0.2, 0.25) is 5.91 Å². The average molecular weight is 392 g/mol. The SMILES string of the molecule is COc1cccc(NC2CCN(C(=O)CCCc3c[nH]c4ccccc34)CC2)c1. The highest BCUT2D eigenvalue weighted by molar-refractivity contribution is 5.83. The van der Waals surface area contributed by atoms with Gasteiger partial charge in [-0.1, -0.05) is 24.3 Å². The van der Waals surface area contributed by atoms with Crippen molar-refractivity contribution in [2.24, 2.45) is 0 Å². The lowest BCUT2D eigenvalue weighted by Gasteiger charge is -2.33. The zero-order valence-corrected chi connectivity index (χ0v) is 17.0. The number of likely N-dealkylation sites (tertiary alicyclic amines) is 1. The van der Waals surface area contributed by atoms with E-state index in [0.29, 0.717) is 12.5 Å². The van der Waals surface area contributed by atoms with Crippen LogP contribution in [0, 0.1) is 0 Å². The van der Waals surface area contributed by atoms with Crippen molar-refractivity contribution in [1.29, 1.82) is 0 Å². The van der Waals surface area contributed by atoms with Gasteiger partial charge in [0.25, 0.3) is 0 Å². The van der Waals surface area contributed by atoms with Gasteiger partial charge < -0.3 is 19.9 Å². The number of fused-ring (bicyclic) bond motifs is 1. The molecule has 29 heavy (non-hydrogen) atoms. The number of aromatic nitrogens is 1. The molecule has 3 aromatic rings. The zero-order chi connectivity index (χ0) is 20.1. The number of methoxy groups -OCH3 is 1. The minimum Gasteiger partial charge on any atom is -0.497 e. The highest BCUT2D eigenvalue weighted by Crippen LogP contribution is 2.22. The molecule has 4 rings (SSSR count). The standard InChI is InChI=1S/C24H29N3O2/c1-29-21-8-5-7-20(16-21)26-19-12-14-27(15-13-19)24(28)11-4-6-18-17-25-23-10-3-2-9-22(18)23/h2-3,5,7-10,16-17,19,25-26H,4,6,11-15H2,1H3. The number of aromatic amines is 1. The van der Waals surface area contributed by atoms with Gasteiger partial charge in [-0.2, -0.15) is 0 Å². The molecule has 5 heteroatoms. The Balaban J connectivity index is 1.21. The normalized spacial score (nSPS) is 14.9. The number of benzene rings is 2. The molecule has 0 spiro atoms. The summed E-state index contributed by atoms with van der Waals surface area (Å²) in [6.07, 6.45) is 6.47. The Morgan fingerprint density at radius 3 is 2.83 bits per heavy atom. The molecule has 5 nitrogen and oxygen atoms in total. The Hall–Kier alpha value is -2.95. The van der Waals surface area contributed by atoms with Gasteiger partial charge in [-0.25, -0.2) is 0 Å². The van der Waals surface area contributed by atoms with Crippen molar-refractivity contribution in [2.45, 2.75) is 38.1 Å². The lowest BCUT2D eigenvalue weighted by atomic mass is 10.0. The first-order chi connectivity index (χ1) is 14.2. The number of H-pyrrole nitrogens is 1. The first kappa shape index (κ1) is 19.4. The molecule has 1 aromatic heterocycles. The molecule has 0 saturated carbocycles. The number of aryl methyl sites for hydroxylation is 1. The lowest BCUT2D eigenvalue weighted by molar-refractivity contribution is -0.132. The summed E-state index contributed by atoms with van der Waals surface area (Å²) < 4.78 is 5.29. The van der Waals surface area contributed by atoms with Crippen LogP contribution in [-0.4, -0.2) is 42.0 Å². The van der Waals surface area contributed by atoms with Crippen LogP contribution in [0.3, 0.4) is 0 Å². The second kappa shape index (κ2) is 9.03. The monoisotopic (exact) mass is 391 g/mol. The molecule has 0 radical (unpaired) electrons. The van der Waals surface area contributed by atoms with Gasteiger partial charge in [0.15, 0.2) is 0 Å². The van der Waals surface area contributed by atoms with Crippen LogP contribution < -0.4 is 10.1 Å². The number of para-hydroxylation sites is 1. The van der Waals surface area contributed by atoms with E-state index < -0.39 is 0 Å². The van der Waals surface area contributed by atoms with Crippen LogP contribution in [0.15, 0.2) is 54.7 Å². The molecule has 0 bridgehead atoms. The largest absolute Gasteiger partial charge is 0.497 e. The van der Waals surface area contributed by atoms with E-state index in [9.17, 15) is 4.79 Å². The van der Waals surface area contributed by atoms with Gasteiger partial charge in [-0.05, 0) is 49.4 Å². The molecular formula is C24H29N3O2. The number of hydrogen-bond donors (Lipinski definition) is 2. The number of ether oxygens (including phenoxy) is 1. The number of nitrogens with zero attached hydrogens (tertiary/aromatic N) is 1. The maximum atomic E-state index is 12.6. The van der Waals surface area contributed by atoms with Gasteiger partial charge >= 0.3 is 0 Å². The zero-order valence-electron chi connectivity index (χ0n) is 17.0. The Morgan fingerprint density at radius 2 is 2.00 bits per heavy atom. The van der Waals surface area contributed by atoms with Gasteiger partial charge in [0.1, 0.15) is 5.75 Å². The summed E-state index contributed by atoms with van der Waals surface area (Å²) in [5.41, 5.74) is 3.54. The second-order valence-corrected chi connectivity index (χ2v) is 7.74. The van der Waals surface area contributed by atoms with Crippen molar-refractivity contribution in [3.05, 3.63) is 60.3 Å². The Bertz CT molecular complexity index is 957. The van der Waals surface area contributed by atoms with Crippen LogP contribution in [-0.2, 0) is 11.2 Å². The highest BCUT2D eigenvalue weighted by atomic mass is 16.5. The quantitative estimate of drug-likeness (QED) is 0.619. The van der Waals surface area contributed by atoms with Gasteiger partial charge in [-0.15, -0.1) is 0 Å². The number of piperidine rings is 1. The van der Waals surface area contributed by atoms with E-state index in [1.165, 1.54) is 16.5 Å². The molecule has 0 unspecified atom stereocenters. The molecule has 1 saturated heterocycles. The maximum absolute atomic E-state index is 12.6. The maximum Gasteiger partial charge on any atom is 0.222 e. The smallest absolute Gasteiger partial charge is 0.222 e. The molecule has 1 aliphatic heterocycles. The summed E-state index contributed by atoms with van der Waals surface area (Å²) in [6.45, 7) is 1.65. The molecule has 2 N–H and O–H groups in total. The second-order valence-electron chi connectivity index (χ2n) is 7.74. The summed E-state index contributed by atoms with van der Waals surface area (Å²) in [6, 6.07) is 16.8. The summed E-state index contributed by atoms with van der Waals surface area (Å²) in [4.78, 5) is 18.0. The predicted octanol–water partition coefficient (Wildman–Crippen LogP) is 4.60. The number of anilines is 1. The highest BCUT2D eigenvalue weighted by Gasteiger charge is 2.22. The summed E-state index contributed by atoms with van der Waals surface area (Å²) in [5, 5.41) is 4.84. The number of carbonyl (C=O) groups excluding carboxylic acids is 1. The van der Waals surface area contributed by atoms with E-state index in [1.807, 2.05) is 29.2 Å². The third kappa shape index (κ3) is 4.73. The van der Waals surface area contributed by atoms with Gasteiger partial charge in [-0.3, -0.25) is 4.79 Å². The number of amides is 1. The van der Waals surface area contributed by atoms with Crippen molar-refractivity contribution in [2.75, 3.05) is 25.5 Å². The first-order valence-corrected chi connectivity index (χ1v) is 10.5. The van der Waals surface area contributed by atoms with E-state index in [-0.39, 0.29) is 5.91 Å². The fourth-order valence-electron chi connectivity index (χ4n) is 4.15. The number of rotatable bonds is 7. The van der Waals surface area contributed by atoms with Crippen molar-refractivity contribution >= 4 is 22.5 Å². The molecule has 1 aliphatic rings. The van der Waals surface area contributed by atoms with Gasteiger partial charge in [0, 0.05) is 54.4 Å². The van der Waals surface area contributed by atoms with Gasteiger partial charge in [0.05, 0.1) is 7.11 Å². The summed E-state index contributed by atoms with van der Waals surface area (Å²) in [5.74, 6) is 1.14. The van der Waals surface area contributed by atoms with Crippen LogP contribution in [0.4, 0.5) is 5.69 Å². The summed E-state index contributed by atoms with van der Waals surface area (Å²) >= 11 is 0. The molecule has 1 fully saturated rings. The molecule has 0 aliphatic carbocycles. The number of carbonyl (C=O) groups is 1. The minimum absolute atomic E-state index is 0.282. The minimum atomic E-state index is 0.282. The van der Waals surface area contributed by atoms with Crippen molar-refractivity contribution in [3.8, 4) is 5.75 Å².